The molecule has 1 aromatic rings. The van der Waals surface area contributed by atoms with Crippen molar-refractivity contribution in [1.29, 1.82) is 0 Å². The fourth-order valence-corrected chi connectivity index (χ4v) is 1.25. The van der Waals surface area contributed by atoms with Crippen molar-refractivity contribution in [3.05, 3.63) is 34.2 Å². The molecule has 0 unspecified atom stereocenters. The Kier molecular flexibility index (Phi) is 4.29. The molecule has 4 nitrogen and oxygen atoms in total. The Bertz CT molecular complexity index is 426. The first-order valence-electron chi connectivity index (χ1n) is 4.97. The van der Waals surface area contributed by atoms with Gasteiger partial charge in [-0.25, -0.2) is 0 Å². The van der Waals surface area contributed by atoms with Crippen LogP contribution in [0.15, 0.2) is 23.1 Å². The number of amides is 1. The van der Waals surface area contributed by atoms with Crippen LogP contribution in [0.4, 0.5) is 0 Å². The minimum Gasteiger partial charge on any atom is -0.351 e. The van der Waals surface area contributed by atoms with Gasteiger partial charge in [-0.05, 0) is 11.5 Å². The Labute approximate surface area is 103 Å². The smallest absolute Gasteiger partial charge is 0.251 e. The van der Waals surface area contributed by atoms with E-state index in [1.54, 1.807) is 6.07 Å². The van der Waals surface area contributed by atoms with E-state index in [2.05, 4.69) is 26.2 Å². The molecular weight excluding hydrogens is 272 g/mol. The van der Waals surface area contributed by atoms with Crippen molar-refractivity contribution < 1.29 is 4.79 Å². The molecule has 1 rings (SSSR count). The zero-order valence-electron chi connectivity index (χ0n) is 9.34. The summed E-state index contributed by atoms with van der Waals surface area (Å²) in [5.41, 5.74) is 0.109. The maximum absolute atomic E-state index is 11.7. The van der Waals surface area contributed by atoms with E-state index in [-0.39, 0.29) is 16.9 Å². The topological polar surface area (TPSA) is 62.0 Å². The quantitative estimate of drug-likeness (QED) is 0.825. The number of halogens is 1. The van der Waals surface area contributed by atoms with E-state index < -0.39 is 0 Å². The molecule has 0 aromatic carbocycles. The van der Waals surface area contributed by atoms with Crippen molar-refractivity contribution in [2.75, 3.05) is 11.9 Å². The lowest BCUT2D eigenvalue weighted by Crippen LogP contribution is -2.35. The van der Waals surface area contributed by atoms with Crippen LogP contribution in [-0.4, -0.2) is 22.8 Å². The molecule has 0 aliphatic heterocycles. The number of H-pyrrole nitrogens is 1. The predicted molar refractivity (Wildman–Crippen MR) is 67.0 cm³/mol. The van der Waals surface area contributed by atoms with E-state index in [0.717, 1.165) is 5.33 Å². The van der Waals surface area contributed by atoms with E-state index in [0.29, 0.717) is 12.1 Å². The highest BCUT2D eigenvalue weighted by atomic mass is 79.9. The zero-order valence-corrected chi connectivity index (χ0v) is 10.9. The van der Waals surface area contributed by atoms with Gasteiger partial charge in [-0.3, -0.25) is 9.59 Å². The fourth-order valence-electron chi connectivity index (χ4n) is 1.05. The van der Waals surface area contributed by atoms with Gasteiger partial charge >= 0.3 is 0 Å². The lowest BCUT2D eigenvalue weighted by Gasteiger charge is -2.21. The molecule has 0 spiro atoms. The third-order valence-electron chi connectivity index (χ3n) is 2.13. The monoisotopic (exact) mass is 286 g/mol. The molecular formula is C11H15BrN2O2. The third kappa shape index (κ3) is 3.81. The number of aromatic nitrogens is 1. The van der Waals surface area contributed by atoms with Gasteiger partial charge in [0.2, 0.25) is 5.56 Å². The van der Waals surface area contributed by atoms with E-state index in [9.17, 15) is 9.59 Å². The Morgan fingerprint density at radius 1 is 1.56 bits per heavy atom. The second-order valence-corrected chi connectivity index (χ2v) is 4.98. The molecule has 0 saturated heterocycles. The van der Waals surface area contributed by atoms with Crippen LogP contribution >= 0.6 is 15.9 Å². The highest BCUT2D eigenvalue weighted by molar-refractivity contribution is 9.09. The van der Waals surface area contributed by atoms with Gasteiger partial charge in [0.1, 0.15) is 0 Å². The zero-order chi connectivity index (χ0) is 12.2. The van der Waals surface area contributed by atoms with Crippen molar-refractivity contribution >= 4 is 21.8 Å². The van der Waals surface area contributed by atoms with Crippen LogP contribution in [0.1, 0.15) is 24.2 Å². The Morgan fingerprint density at radius 3 is 2.81 bits per heavy atom. The SMILES string of the molecule is CC(C)(CBr)CNC(=O)c1cc[nH]c(=O)c1. The van der Waals surface area contributed by atoms with Gasteiger partial charge < -0.3 is 10.3 Å². The van der Waals surface area contributed by atoms with Crippen molar-refractivity contribution in [1.82, 2.24) is 10.3 Å². The van der Waals surface area contributed by atoms with Crippen LogP contribution < -0.4 is 10.9 Å². The van der Waals surface area contributed by atoms with E-state index in [1.165, 1.54) is 12.3 Å². The van der Waals surface area contributed by atoms with E-state index >= 15 is 0 Å². The summed E-state index contributed by atoms with van der Waals surface area (Å²) in [7, 11) is 0. The van der Waals surface area contributed by atoms with Crippen molar-refractivity contribution in [3.63, 3.8) is 0 Å². The first kappa shape index (κ1) is 13.0. The van der Waals surface area contributed by atoms with Crippen molar-refractivity contribution in [2.24, 2.45) is 5.41 Å². The number of alkyl halides is 1. The molecule has 0 aliphatic rings. The van der Waals surface area contributed by atoms with E-state index in [4.69, 9.17) is 0 Å². The minimum absolute atomic E-state index is 0.00312. The molecule has 0 bridgehead atoms. The Balaban J connectivity index is 2.63. The summed E-state index contributed by atoms with van der Waals surface area (Å²) >= 11 is 3.38. The maximum atomic E-state index is 11.7. The highest BCUT2D eigenvalue weighted by Gasteiger charge is 2.17. The van der Waals surface area contributed by atoms with Crippen LogP contribution in [0.3, 0.4) is 0 Å². The third-order valence-corrected chi connectivity index (χ3v) is 3.64. The summed E-state index contributed by atoms with van der Waals surface area (Å²) in [5.74, 6) is -0.222. The fraction of sp³-hybridized carbons (Fsp3) is 0.455. The van der Waals surface area contributed by atoms with Gasteiger partial charge in [-0.1, -0.05) is 29.8 Å². The number of nitrogens with one attached hydrogen (secondary N) is 2. The lowest BCUT2D eigenvalue weighted by atomic mass is 9.97. The molecule has 5 heteroatoms. The van der Waals surface area contributed by atoms with Gasteiger partial charge in [0, 0.05) is 29.7 Å². The minimum atomic E-state index is -0.271. The largest absolute Gasteiger partial charge is 0.351 e. The van der Waals surface area contributed by atoms with Crippen molar-refractivity contribution in [3.8, 4) is 0 Å². The van der Waals surface area contributed by atoms with Crippen LogP contribution in [0, 0.1) is 5.41 Å². The number of pyridine rings is 1. The average Bonchev–Trinajstić information content (AvgIpc) is 2.26. The van der Waals surface area contributed by atoms with Gasteiger partial charge in [0.05, 0.1) is 0 Å². The molecule has 2 N–H and O–H groups in total. The lowest BCUT2D eigenvalue weighted by molar-refractivity contribution is 0.0940. The molecule has 88 valence electrons. The summed E-state index contributed by atoms with van der Waals surface area (Å²) in [5, 5.41) is 3.60. The first-order valence-corrected chi connectivity index (χ1v) is 6.10. The summed E-state index contributed by atoms with van der Waals surface area (Å²) in [4.78, 5) is 25.2. The molecule has 0 aliphatic carbocycles. The van der Waals surface area contributed by atoms with Crippen LogP contribution in [0.25, 0.3) is 0 Å². The summed E-state index contributed by atoms with van der Waals surface area (Å²) in [6, 6.07) is 2.87. The first-order chi connectivity index (χ1) is 7.44. The summed E-state index contributed by atoms with van der Waals surface area (Å²) < 4.78 is 0. The van der Waals surface area contributed by atoms with Crippen molar-refractivity contribution in [2.45, 2.75) is 13.8 Å². The number of hydrogen-bond acceptors (Lipinski definition) is 2. The van der Waals surface area contributed by atoms with Gasteiger partial charge in [0.15, 0.2) is 0 Å². The molecule has 0 radical (unpaired) electrons. The Hall–Kier alpha value is -1.10. The highest BCUT2D eigenvalue weighted by Crippen LogP contribution is 2.16. The molecule has 0 saturated carbocycles. The van der Waals surface area contributed by atoms with Crippen LogP contribution in [-0.2, 0) is 0 Å². The van der Waals surface area contributed by atoms with E-state index in [1.807, 2.05) is 13.8 Å². The Morgan fingerprint density at radius 2 is 2.25 bits per heavy atom. The number of rotatable bonds is 4. The number of carbonyl (C=O) groups is 1. The predicted octanol–water partition coefficient (Wildman–Crippen LogP) is 1.53. The molecule has 16 heavy (non-hydrogen) atoms. The summed E-state index contributed by atoms with van der Waals surface area (Å²) in [6.45, 7) is 4.64. The standard InChI is InChI=1S/C11H15BrN2O2/c1-11(2,6-12)7-14-10(16)8-3-4-13-9(15)5-8/h3-5H,6-7H2,1-2H3,(H,13,15)(H,14,16). The number of carbonyl (C=O) groups excluding carboxylic acids is 1. The number of hydrogen-bond donors (Lipinski definition) is 2. The van der Waals surface area contributed by atoms with Gasteiger partial charge in [-0.15, -0.1) is 0 Å². The molecule has 1 heterocycles. The van der Waals surface area contributed by atoms with Gasteiger partial charge in [-0.2, -0.15) is 0 Å². The maximum Gasteiger partial charge on any atom is 0.251 e. The summed E-state index contributed by atoms with van der Waals surface area (Å²) in [6.07, 6.45) is 1.47. The second kappa shape index (κ2) is 5.30. The average molecular weight is 287 g/mol. The molecule has 0 fully saturated rings. The molecule has 1 amide bonds. The molecule has 1 aromatic heterocycles. The van der Waals surface area contributed by atoms with Crippen LogP contribution in [0.2, 0.25) is 0 Å². The second-order valence-electron chi connectivity index (χ2n) is 4.42. The normalized spacial score (nSPS) is 11.2. The molecule has 0 atom stereocenters. The number of aromatic amines is 1. The van der Waals surface area contributed by atoms with Crippen LogP contribution in [0.5, 0.6) is 0 Å². The van der Waals surface area contributed by atoms with Gasteiger partial charge in [0.25, 0.3) is 5.91 Å².